The number of hydrogen-bond donors (Lipinski definition) is 1. The lowest BCUT2D eigenvalue weighted by molar-refractivity contribution is -0.136. The maximum atomic E-state index is 12.6. The van der Waals surface area contributed by atoms with Crippen LogP contribution in [0.4, 0.5) is 8.78 Å². The zero-order chi connectivity index (χ0) is 12.3. The third kappa shape index (κ3) is 2.31. The minimum absolute atomic E-state index is 0.0819. The molecule has 0 amide bonds. The van der Waals surface area contributed by atoms with Crippen molar-refractivity contribution in [1.29, 1.82) is 5.26 Å². The fraction of sp³-hybridized carbons (Fsp3) is 0.300. The topological polar surface area (TPSA) is 74.0 Å². The Morgan fingerprint density at radius 2 is 2.31 bits per heavy atom. The summed E-state index contributed by atoms with van der Waals surface area (Å²) < 4.78 is 25.1. The number of carboxylic acids is 1. The van der Waals surface area contributed by atoms with Crippen LogP contribution < -0.4 is 0 Å². The van der Waals surface area contributed by atoms with Crippen LogP contribution in [0.2, 0.25) is 0 Å². The van der Waals surface area contributed by atoms with E-state index in [-0.39, 0.29) is 16.7 Å². The number of carboxylic acid groups (broad SMARTS) is 1. The highest BCUT2D eigenvalue weighted by molar-refractivity contribution is 5.71. The quantitative estimate of drug-likeness (QED) is 0.853. The molecule has 0 bridgehead atoms. The molecule has 0 unspecified atom stereocenters. The largest absolute Gasteiger partial charge is 0.481 e. The van der Waals surface area contributed by atoms with E-state index in [1.807, 2.05) is 0 Å². The summed E-state index contributed by atoms with van der Waals surface area (Å²) in [5.74, 6) is -1.23. The van der Waals surface area contributed by atoms with Gasteiger partial charge in [-0.25, -0.2) is 8.78 Å². The van der Waals surface area contributed by atoms with Crippen LogP contribution in [0.3, 0.4) is 0 Å². The molecular weight excluding hydrogens is 218 g/mol. The van der Waals surface area contributed by atoms with Gasteiger partial charge in [0.15, 0.2) is 0 Å². The molecule has 1 N–H and O–H groups in total. The molecule has 0 saturated carbocycles. The second-order valence-corrected chi connectivity index (χ2v) is 3.14. The lowest BCUT2D eigenvalue weighted by atomic mass is 10.0. The van der Waals surface area contributed by atoms with Crippen molar-refractivity contribution in [2.45, 2.75) is 19.8 Å². The van der Waals surface area contributed by atoms with Gasteiger partial charge >= 0.3 is 5.97 Å². The van der Waals surface area contributed by atoms with Gasteiger partial charge in [-0.2, -0.15) is 5.26 Å². The molecule has 1 aromatic heterocycles. The molecule has 0 aliphatic carbocycles. The lowest BCUT2D eigenvalue weighted by Gasteiger charge is -2.10. The summed E-state index contributed by atoms with van der Waals surface area (Å²) in [6.45, 7) is 1.43. The summed E-state index contributed by atoms with van der Waals surface area (Å²) in [5.41, 5.74) is -0.295. The number of halogens is 2. The molecule has 0 aromatic carbocycles. The molecule has 0 saturated heterocycles. The second-order valence-electron chi connectivity index (χ2n) is 3.14. The first-order chi connectivity index (χ1) is 7.47. The standard InChI is InChI=1S/C10H8F2N2O2/c1-5-6(3-13)4-14-9(10(11)12)7(5)2-8(15)16/h4,10H,2H2,1H3,(H,15,16). The Hall–Kier alpha value is -2.03. The summed E-state index contributed by atoms with van der Waals surface area (Å²) in [6, 6.07) is 1.77. The summed E-state index contributed by atoms with van der Waals surface area (Å²) in [5, 5.41) is 17.3. The van der Waals surface area contributed by atoms with Gasteiger partial charge in [-0.1, -0.05) is 0 Å². The Labute approximate surface area is 90.2 Å². The van der Waals surface area contributed by atoms with E-state index in [4.69, 9.17) is 10.4 Å². The van der Waals surface area contributed by atoms with Crippen molar-refractivity contribution in [2.24, 2.45) is 0 Å². The molecule has 1 aromatic rings. The monoisotopic (exact) mass is 226 g/mol. The Balaban J connectivity index is 3.37. The fourth-order valence-corrected chi connectivity index (χ4v) is 1.34. The van der Waals surface area contributed by atoms with E-state index in [0.29, 0.717) is 0 Å². The molecule has 0 fully saturated rings. The smallest absolute Gasteiger partial charge is 0.307 e. The number of aliphatic carboxylic acids is 1. The Morgan fingerprint density at radius 1 is 1.69 bits per heavy atom. The van der Waals surface area contributed by atoms with Gasteiger partial charge in [0, 0.05) is 6.20 Å². The highest BCUT2D eigenvalue weighted by Crippen LogP contribution is 2.25. The van der Waals surface area contributed by atoms with Gasteiger partial charge in [-0.05, 0) is 18.1 Å². The number of aromatic nitrogens is 1. The molecule has 0 aliphatic rings. The zero-order valence-electron chi connectivity index (χ0n) is 8.37. The number of hydrogen-bond acceptors (Lipinski definition) is 3. The van der Waals surface area contributed by atoms with Crippen molar-refractivity contribution in [2.75, 3.05) is 0 Å². The average molecular weight is 226 g/mol. The zero-order valence-corrected chi connectivity index (χ0v) is 8.37. The summed E-state index contributed by atoms with van der Waals surface area (Å²) in [7, 11) is 0. The Kier molecular flexibility index (Phi) is 3.51. The normalized spacial score (nSPS) is 10.2. The van der Waals surface area contributed by atoms with Crippen molar-refractivity contribution in [1.82, 2.24) is 4.98 Å². The van der Waals surface area contributed by atoms with Crippen LogP contribution in [-0.2, 0) is 11.2 Å². The minimum atomic E-state index is -2.85. The molecule has 0 aliphatic heterocycles. The van der Waals surface area contributed by atoms with E-state index >= 15 is 0 Å². The van der Waals surface area contributed by atoms with Crippen LogP contribution in [0.5, 0.6) is 0 Å². The SMILES string of the molecule is Cc1c(C#N)cnc(C(F)F)c1CC(=O)O. The molecule has 16 heavy (non-hydrogen) atoms. The third-order valence-corrected chi connectivity index (χ3v) is 2.15. The first-order valence-electron chi connectivity index (χ1n) is 4.35. The lowest BCUT2D eigenvalue weighted by Crippen LogP contribution is -2.09. The van der Waals surface area contributed by atoms with E-state index < -0.39 is 24.5 Å². The van der Waals surface area contributed by atoms with E-state index in [1.54, 1.807) is 6.07 Å². The highest BCUT2D eigenvalue weighted by Gasteiger charge is 2.20. The summed E-state index contributed by atoms with van der Waals surface area (Å²) >= 11 is 0. The number of alkyl halides is 2. The molecule has 0 radical (unpaired) electrons. The maximum absolute atomic E-state index is 12.6. The van der Waals surface area contributed by atoms with Gasteiger partial charge in [-0.15, -0.1) is 0 Å². The number of nitrogens with zero attached hydrogens (tertiary/aromatic N) is 2. The van der Waals surface area contributed by atoms with Crippen molar-refractivity contribution in [3.63, 3.8) is 0 Å². The highest BCUT2D eigenvalue weighted by atomic mass is 19.3. The number of carbonyl (C=O) groups is 1. The van der Waals surface area contributed by atoms with Crippen LogP contribution in [0.1, 0.15) is 28.8 Å². The van der Waals surface area contributed by atoms with Crippen LogP contribution >= 0.6 is 0 Å². The number of pyridine rings is 1. The number of rotatable bonds is 3. The summed E-state index contributed by atoms with van der Waals surface area (Å²) in [6.07, 6.45) is -2.38. The van der Waals surface area contributed by atoms with E-state index in [0.717, 1.165) is 6.20 Å². The minimum Gasteiger partial charge on any atom is -0.481 e. The average Bonchev–Trinajstić information content (AvgIpc) is 2.19. The predicted octanol–water partition coefficient (Wildman–Crippen LogP) is 1.83. The first kappa shape index (κ1) is 12.0. The van der Waals surface area contributed by atoms with Gasteiger partial charge in [0.25, 0.3) is 6.43 Å². The van der Waals surface area contributed by atoms with Gasteiger partial charge < -0.3 is 5.11 Å². The molecular formula is C10H8F2N2O2. The van der Waals surface area contributed by atoms with Crippen LogP contribution in [0, 0.1) is 18.3 Å². The molecule has 1 heterocycles. The van der Waals surface area contributed by atoms with Crippen molar-refractivity contribution < 1.29 is 18.7 Å². The second kappa shape index (κ2) is 4.66. The summed E-state index contributed by atoms with van der Waals surface area (Å²) in [4.78, 5) is 14.0. The Bertz CT molecular complexity index is 467. The van der Waals surface area contributed by atoms with Crippen LogP contribution in [-0.4, -0.2) is 16.1 Å². The van der Waals surface area contributed by atoms with Crippen molar-refractivity contribution in [3.05, 3.63) is 28.6 Å². The van der Waals surface area contributed by atoms with E-state index in [2.05, 4.69) is 4.98 Å². The van der Waals surface area contributed by atoms with Gasteiger partial charge in [-0.3, -0.25) is 9.78 Å². The predicted molar refractivity (Wildman–Crippen MR) is 50.0 cm³/mol. The third-order valence-electron chi connectivity index (χ3n) is 2.15. The molecule has 1 rings (SSSR count). The van der Waals surface area contributed by atoms with Gasteiger partial charge in [0.2, 0.25) is 0 Å². The molecule has 6 heteroatoms. The first-order valence-corrected chi connectivity index (χ1v) is 4.35. The van der Waals surface area contributed by atoms with E-state index in [1.165, 1.54) is 6.92 Å². The van der Waals surface area contributed by atoms with Crippen molar-refractivity contribution >= 4 is 5.97 Å². The molecule has 0 spiro atoms. The molecule has 84 valence electrons. The number of nitriles is 1. The van der Waals surface area contributed by atoms with Crippen LogP contribution in [0.25, 0.3) is 0 Å². The maximum Gasteiger partial charge on any atom is 0.307 e. The molecule has 0 atom stereocenters. The van der Waals surface area contributed by atoms with Gasteiger partial charge in [0.05, 0.1) is 12.0 Å². The van der Waals surface area contributed by atoms with Crippen molar-refractivity contribution in [3.8, 4) is 6.07 Å². The fourth-order valence-electron chi connectivity index (χ4n) is 1.34. The van der Waals surface area contributed by atoms with Crippen LogP contribution in [0.15, 0.2) is 6.20 Å². The van der Waals surface area contributed by atoms with Gasteiger partial charge in [0.1, 0.15) is 11.8 Å². The molecule has 4 nitrogen and oxygen atoms in total. The Morgan fingerprint density at radius 3 is 2.75 bits per heavy atom. The van der Waals surface area contributed by atoms with E-state index in [9.17, 15) is 13.6 Å².